The standard InChI is InChI=1S/C7H10F3NO5S/c8-7(9,10)4-1-2-6(17-16-15-14)5(3-4)11(12)13/h4-6,14H,1-3H2. The van der Waals surface area contributed by atoms with Crippen LogP contribution in [0.5, 0.6) is 0 Å². The Balaban J connectivity index is 2.64. The predicted molar refractivity (Wildman–Crippen MR) is 50.4 cm³/mol. The van der Waals surface area contributed by atoms with Crippen LogP contribution < -0.4 is 0 Å². The Kier molecular flexibility index (Phi) is 4.98. The molecule has 10 heteroatoms. The van der Waals surface area contributed by atoms with Crippen molar-refractivity contribution in [1.82, 2.24) is 0 Å². The number of alkyl halides is 3. The normalized spacial score (nSPS) is 30.2. The third-order valence-corrected chi connectivity index (χ3v) is 3.62. The predicted octanol–water partition coefficient (Wildman–Crippen LogP) is 2.43. The molecule has 1 fully saturated rings. The van der Waals surface area contributed by atoms with Crippen LogP contribution in [0.25, 0.3) is 0 Å². The minimum atomic E-state index is -4.42. The van der Waals surface area contributed by atoms with E-state index in [2.05, 4.69) is 9.37 Å². The molecule has 0 heterocycles. The van der Waals surface area contributed by atoms with Gasteiger partial charge in [0.1, 0.15) is 5.25 Å². The van der Waals surface area contributed by atoms with Gasteiger partial charge in [-0.15, -0.1) is 4.33 Å². The third kappa shape index (κ3) is 3.98. The van der Waals surface area contributed by atoms with Crippen molar-refractivity contribution in [3.63, 3.8) is 0 Å². The van der Waals surface area contributed by atoms with Crippen molar-refractivity contribution >= 4 is 12.0 Å². The van der Waals surface area contributed by atoms with Gasteiger partial charge in [-0.3, -0.25) is 10.1 Å². The Bertz CT molecular complexity index is 277. The summed E-state index contributed by atoms with van der Waals surface area (Å²) in [5.74, 6) is -1.66. The van der Waals surface area contributed by atoms with E-state index >= 15 is 0 Å². The van der Waals surface area contributed by atoms with E-state index in [1.165, 1.54) is 0 Å². The molecule has 0 bridgehead atoms. The molecule has 100 valence electrons. The Hall–Kier alpha value is -0.580. The minimum absolute atomic E-state index is 0.0240. The zero-order valence-electron chi connectivity index (χ0n) is 8.42. The second kappa shape index (κ2) is 5.85. The molecular weight excluding hydrogens is 267 g/mol. The first-order valence-corrected chi connectivity index (χ1v) is 5.50. The number of halogens is 3. The molecule has 0 aliphatic heterocycles. The maximum atomic E-state index is 12.4. The van der Waals surface area contributed by atoms with Crippen LogP contribution in [0.4, 0.5) is 13.2 Å². The van der Waals surface area contributed by atoms with Gasteiger partial charge in [-0.1, -0.05) is 5.04 Å². The fourth-order valence-electron chi connectivity index (χ4n) is 1.82. The van der Waals surface area contributed by atoms with E-state index in [1.807, 2.05) is 0 Å². The van der Waals surface area contributed by atoms with Gasteiger partial charge in [0.25, 0.3) is 0 Å². The molecule has 0 radical (unpaired) electrons. The van der Waals surface area contributed by atoms with Gasteiger partial charge in [-0.25, -0.2) is 5.26 Å². The summed E-state index contributed by atoms with van der Waals surface area (Å²) in [5.41, 5.74) is 0. The monoisotopic (exact) mass is 277 g/mol. The average Bonchev–Trinajstić information content (AvgIpc) is 2.24. The first-order valence-electron chi connectivity index (χ1n) is 4.70. The van der Waals surface area contributed by atoms with Crippen molar-refractivity contribution in [2.75, 3.05) is 0 Å². The molecule has 1 saturated carbocycles. The van der Waals surface area contributed by atoms with Crippen molar-refractivity contribution in [2.24, 2.45) is 5.92 Å². The quantitative estimate of drug-likeness (QED) is 0.368. The lowest BCUT2D eigenvalue weighted by molar-refractivity contribution is -0.528. The molecule has 0 amide bonds. The van der Waals surface area contributed by atoms with E-state index in [-0.39, 0.29) is 12.8 Å². The Morgan fingerprint density at radius 3 is 2.53 bits per heavy atom. The largest absolute Gasteiger partial charge is 0.392 e. The van der Waals surface area contributed by atoms with Crippen molar-refractivity contribution in [2.45, 2.75) is 36.7 Å². The van der Waals surface area contributed by atoms with Crippen LogP contribution in [0.2, 0.25) is 0 Å². The summed E-state index contributed by atoms with van der Waals surface area (Å²) < 4.78 is 41.4. The van der Waals surface area contributed by atoms with Crippen LogP contribution in [0.1, 0.15) is 19.3 Å². The lowest BCUT2D eigenvalue weighted by Crippen LogP contribution is -2.42. The van der Waals surface area contributed by atoms with E-state index in [4.69, 9.17) is 5.26 Å². The minimum Gasteiger partial charge on any atom is -0.264 e. The van der Waals surface area contributed by atoms with Crippen molar-refractivity contribution in [1.29, 1.82) is 0 Å². The van der Waals surface area contributed by atoms with Crippen LogP contribution >= 0.6 is 12.0 Å². The van der Waals surface area contributed by atoms with Gasteiger partial charge < -0.3 is 0 Å². The van der Waals surface area contributed by atoms with Gasteiger partial charge in [0.2, 0.25) is 6.04 Å². The summed E-state index contributed by atoms with van der Waals surface area (Å²) >= 11 is 0.465. The smallest absolute Gasteiger partial charge is 0.264 e. The molecule has 0 aromatic carbocycles. The van der Waals surface area contributed by atoms with E-state index in [0.717, 1.165) is 0 Å². The van der Waals surface area contributed by atoms with Gasteiger partial charge in [0, 0.05) is 23.4 Å². The zero-order valence-corrected chi connectivity index (χ0v) is 9.24. The number of nitro groups is 1. The molecule has 1 aliphatic rings. The van der Waals surface area contributed by atoms with Gasteiger partial charge in [0.15, 0.2) is 0 Å². The fourth-order valence-corrected chi connectivity index (χ4v) is 2.53. The van der Waals surface area contributed by atoms with Crippen molar-refractivity contribution < 1.29 is 32.7 Å². The number of hydrogen-bond acceptors (Lipinski definition) is 6. The van der Waals surface area contributed by atoms with Gasteiger partial charge in [0.05, 0.1) is 5.92 Å². The summed E-state index contributed by atoms with van der Waals surface area (Å²) in [5, 5.41) is 21.1. The molecule has 1 N–H and O–H groups in total. The zero-order chi connectivity index (χ0) is 13.1. The fraction of sp³-hybridized carbons (Fsp3) is 1.00. The number of rotatable bonds is 4. The Morgan fingerprint density at radius 1 is 1.41 bits per heavy atom. The molecule has 1 aliphatic carbocycles. The van der Waals surface area contributed by atoms with Crippen LogP contribution in [0.3, 0.4) is 0 Å². The molecule has 0 aromatic heterocycles. The molecule has 3 atom stereocenters. The summed E-state index contributed by atoms with van der Waals surface area (Å²) in [6, 6.07) is -1.37. The lowest BCUT2D eigenvalue weighted by Gasteiger charge is -2.30. The molecular formula is C7H10F3NO5S. The van der Waals surface area contributed by atoms with E-state index < -0.39 is 34.7 Å². The molecule has 3 unspecified atom stereocenters. The highest BCUT2D eigenvalue weighted by molar-refractivity contribution is 7.95. The van der Waals surface area contributed by atoms with Crippen molar-refractivity contribution in [3.05, 3.63) is 10.1 Å². The third-order valence-electron chi connectivity index (χ3n) is 2.68. The number of hydrogen-bond donors (Lipinski definition) is 1. The van der Waals surface area contributed by atoms with Gasteiger partial charge in [-0.2, -0.15) is 13.2 Å². The maximum Gasteiger partial charge on any atom is 0.392 e. The molecule has 0 spiro atoms. The van der Waals surface area contributed by atoms with E-state index in [1.54, 1.807) is 0 Å². The van der Waals surface area contributed by atoms with Gasteiger partial charge in [-0.05, 0) is 12.8 Å². The molecule has 6 nitrogen and oxygen atoms in total. The highest BCUT2D eigenvalue weighted by atomic mass is 32.2. The van der Waals surface area contributed by atoms with E-state index in [0.29, 0.717) is 12.0 Å². The van der Waals surface area contributed by atoms with Crippen LogP contribution in [0, 0.1) is 16.0 Å². The summed E-state index contributed by atoms with van der Waals surface area (Å²) in [6.45, 7) is 0. The van der Waals surface area contributed by atoms with Crippen LogP contribution in [-0.2, 0) is 9.37 Å². The SMILES string of the molecule is O=[N+]([O-])C1CC(C(F)(F)F)CCC1SOOO. The number of nitrogens with zero attached hydrogens (tertiary/aromatic N) is 1. The lowest BCUT2D eigenvalue weighted by atomic mass is 9.85. The molecule has 1 rings (SSSR count). The summed E-state index contributed by atoms with van der Waals surface area (Å²) in [6.07, 6.45) is -5.22. The topological polar surface area (TPSA) is 81.8 Å². The highest BCUT2D eigenvalue weighted by Crippen LogP contribution is 2.41. The first-order chi connectivity index (χ1) is 7.86. The average molecular weight is 277 g/mol. The Morgan fingerprint density at radius 2 is 2.06 bits per heavy atom. The van der Waals surface area contributed by atoms with Gasteiger partial charge >= 0.3 is 6.18 Å². The first kappa shape index (κ1) is 14.5. The Labute approximate surface area is 98.3 Å². The molecule has 0 saturated heterocycles. The highest BCUT2D eigenvalue weighted by Gasteiger charge is 2.49. The maximum absolute atomic E-state index is 12.4. The molecule has 0 aromatic rings. The summed E-state index contributed by atoms with van der Waals surface area (Å²) in [7, 11) is 0. The van der Waals surface area contributed by atoms with Crippen molar-refractivity contribution in [3.8, 4) is 0 Å². The summed E-state index contributed by atoms with van der Waals surface area (Å²) in [4.78, 5) is 9.91. The van der Waals surface area contributed by atoms with Crippen LogP contribution in [-0.4, -0.2) is 27.6 Å². The van der Waals surface area contributed by atoms with E-state index in [9.17, 15) is 23.3 Å². The van der Waals surface area contributed by atoms with Crippen LogP contribution in [0.15, 0.2) is 0 Å². The molecule has 17 heavy (non-hydrogen) atoms. The second-order valence-electron chi connectivity index (χ2n) is 3.68. The second-order valence-corrected chi connectivity index (χ2v) is 4.62.